The average molecular weight is 208 g/mol. The zero-order chi connectivity index (χ0) is 10.2. The molecule has 80 valence electrons. The first-order valence-corrected chi connectivity index (χ1v) is 6.60. The largest absolute Gasteiger partial charge is 0.315 e. The van der Waals surface area contributed by atoms with Gasteiger partial charge in [-0.3, -0.25) is 0 Å². The summed E-state index contributed by atoms with van der Waals surface area (Å²) in [4.78, 5) is 0. The van der Waals surface area contributed by atoms with Crippen LogP contribution in [-0.2, 0) is 10.0 Å². The van der Waals surface area contributed by atoms with Crippen LogP contribution >= 0.6 is 0 Å². The van der Waals surface area contributed by atoms with E-state index in [0.29, 0.717) is 13.1 Å². The Morgan fingerprint density at radius 1 is 1.08 bits per heavy atom. The van der Waals surface area contributed by atoms with E-state index in [-0.39, 0.29) is 0 Å². The van der Waals surface area contributed by atoms with E-state index < -0.39 is 10.0 Å². The lowest BCUT2D eigenvalue weighted by Gasteiger charge is -2.04. The molecule has 0 aliphatic heterocycles. The van der Waals surface area contributed by atoms with Gasteiger partial charge in [0, 0.05) is 13.1 Å². The van der Waals surface area contributed by atoms with Crippen molar-refractivity contribution in [1.29, 1.82) is 0 Å². The van der Waals surface area contributed by atoms with Crippen LogP contribution < -0.4 is 10.0 Å². The Hall–Kier alpha value is -0.130. The lowest BCUT2D eigenvalue weighted by molar-refractivity contribution is 0.576. The molecule has 0 heterocycles. The molecule has 13 heavy (non-hydrogen) atoms. The molecule has 0 atom stereocenters. The molecule has 0 aromatic heterocycles. The van der Waals surface area contributed by atoms with Crippen molar-refractivity contribution in [1.82, 2.24) is 10.0 Å². The number of unbranched alkanes of at least 4 members (excludes halogenated alkanes) is 2. The fraction of sp³-hybridized carbons (Fsp3) is 1.00. The smallest absolute Gasteiger partial charge is 0.208 e. The molecule has 0 aliphatic rings. The second-order valence-electron chi connectivity index (χ2n) is 3.12. The van der Waals surface area contributed by atoms with Gasteiger partial charge in [-0.15, -0.1) is 0 Å². The van der Waals surface area contributed by atoms with Crippen LogP contribution in [0, 0.1) is 0 Å². The molecule has 4 nitrogen and oxygen atoms in total. The summed E-state index contributed by atoms with van der Waals surface area (Å²) < 4.78 is 23.7. The van der Waals surface area contributed by atoms with Crippen LogP contribution in [0.4, 0.5) is 0 Å². The summed E-state index contributed by atoms with van der Waals surface area (Å²) in [5.74, 6) is 0. The summed E-state index contributed by atoms with van der Waals surface area (Å²) in [7, 11) is -3.01. The molecule has 0 saturated carbocycles. The number of sulfonamides is 1. The van der Waals surface area contributed by atoms with Gasteiger partial charge >= 0.3 is 0 Å². The van der Waals surface area contributed by atoms with Gasteiger partial charge in [0.05, 0.1) is 6.26 Å². The Balaban J connectivity index is 3.09. The molecule has 0 bridgehead atoms. The van der Waals surface area contributed by atoms with Crippen LogP contribution in [0.1, 0.15) is 26.2 Å². The Morgan fingerprint density at radius 2 is 1.77 bits per heavy atom. The molecular formula is C8H20N2O2S. The quantitative estimate of drug-likeness (QED) is 0.565. The van der Waals surface area contributed by atoms with Crippen molar-refractivity contribution in [3.8, 4) is 0 Å². The van der Waals surface area contributed by atoms with Gasteiger partial charge in [-0.1, -0.05) is 19.8 Å². The fourth-order valence-corrected chi connectivity index (χ4v) is 1.42. The number of rotatable bonds is 8. The Labute approximate surface area is 81.2 Å². The second-order valence-corrected chi connectivity index (χ2v) is 4.96. The predicted molar refractivity (Wildman–Crippen MR) is 55.2 cm³/mol. The second kappa shape index (κ2) is 7.29. The maximum atomic E-state index is 10.6. The Morgan fingerprint density at radius 3 is 2.31 bits per heavy atom. The third kappa shape index (κ3) is 11.9. The zero-order valence-electron chi connectivity index (χ0n) is 8.47. The highest BCUT2D eigenvalue weighted by Crippen LogP contribution is 1.90. The van der Waals surface area contributed by atoms with Crippen LogP contribution in [0.2, 0.25) is 0 Å². The van der Waals surface area contributed by atoms with Crippen molar-refractivity contribution in [2.75, 3.05) is 25.9 Å². The monoisotopic (exact) mass is 208 g/mol. The maximum absolute atomic E-state index is 10.6. The predicted octanol–water partition coefficient (Wildman–Crippen LogP) is 0.315. The fourth-order valence-electron chi connectivity index (χ4n) is 0.950. The van der Waals surface area contributed by atoms with E-state index in [9.17, 15) is 8.42 Å². The van der Waals surface area contributed by atoms with Crippen molar-refractivity contribution in [2.45, 2.75) is 26.2 Å². The van der Waals surface area contributed by atoms with Crippen molar-refractivity contribution < 1.29 is 8.42 Å². The molecule has 0 amide bonds. The average Bonchev–Trinajstić information content (AvgIpc) is 2.01. The van der Waals surface area contributed by atoms with Gasteiger partial charge in [0.25, 0.3) is 0 Å². The van der Waals surface area contributed by atoms with Crippen molar-refractivity contribution in [2.24, 2.45) is 0 Å². The Bertz CT molecular complexity index is 202. The number of nitrogens with one attached hydrogen (secondary N) is 2. The SMILES string of the molecule is CCCCCNCCNS(C)(=O)=O. The van der Waals surface area contributed by atoms with Crippen molar-refractivity contribution >= 4 is 10.0 Å². The first-order chi connectivity index (χ1) is 6.06. The van der Waals surface area contributed by atoms with Crippen LogP contribution in [0.25, 0.3) is 0 Å². The van der Waals surface area contributed by atoms with E-state index in [1.807, 2.05) is 0 Å². The molecule has 0 aromatic carbocycles. The Kier molecular flexibility index (Phi) is 7.22. The molecule has 0 fully saturated rings. The summed E-state index contributed by atoms with van der Waals surface area (Å²) in [6.45, 7) is 4.31. The molecule has 2 N–H and O–H groups in total. The minimum atomic E-state index is -3.01. The van der Waals surface area contributed by atoms with Crippen LogP contribution in [0.5, 0.6) is 0 Å². The summed E-state index contributed by atoms with van der Waals surface area (Å²) in [6, 6.07) is 0. The highest BCUT2D eigenvalue weighted by atomic mass is 32.2. The lowest BCUT2D eigenvalue weighted by Crippen LogP contribution is -2.31. The minimum absolute atomic E-state index is 0.477. The minimum Gasteiger partial charge on any atom is -0.315 e. The molecule has 5 heteroatoms. The first-order valence-electron chi connectivity index (χ1n) is 4.71. The van der Waals surface area contributed by atoms with Crippen LogP contribution in [0.15, 0.2) is 0 Å². The van der Waals surface area contributed by atoms with E-state index in [2.05, 4.69) is 17.0 Å². The van der Waals surface area contributed by atoms with Gasteiger partial charge in [0.2, 0.25) is 10.0 Å². The maximum Gasteiger partial charge on any atom is 0.208 e. The van der Waals surface area contributed by atoms with Gasteiger partial charge in [-0.25, -0.2) is 13.1 Å². The van der Waals surface area contributed by atoms with Gasteiger partial charge in [0.1, 0.15) is 0 Å². The summed E-state index contributed by atoms with van der Waals surface area (Å²) in [5, 5.41) is 3.17. The van der Waals surface area contributed by atoms with Gasteiger partial charge in [0.15, 0.2) is 0 Å². The van der Waals surface area contributed by atoms with Crippen LogP contribution in [0.3, 0.4) is 0 Å². The normalized spacial score (nSPS) is 11.8. The summed E-state index contributed by atoms with van der Waals surface area (Å²) in [5.41, 5.74) is 0. The van der Waals surface area contributed by atoms with Gasteiger partial charge < -0.3 is 5.32 Å². The molecule has 0 spiro atoms. The highest BCUT2D eigenvalue weighted by Gasteiger charge is 1.97. The topological polar surface area (TPSA) is 58.2 Å². The number of hydrogen-bond donors (Lipinski definition) is 2. The number of hydrogen-bond acceptors (Lipinski definition) is 3. The standard InChI is InChI=1S/C8H20N2O2S/c1-3-4-5-6-9-7-8-10-13(2,11)12/h9-10H,3-8H2,1-2H3. The molecular weight excluding hydrogens is 188 g/mol. The molecule has 0 aromatic rings. The van der Waals surface area contributed by atoms with Crippen LogP contribution in [-0.4, -0.2) is 34.3 Å². The molecule has 0 rings (SSSR count). The van der Waals surface area contributed by atoms with E-state index >= 15 is 0 Å². The summed E-state index contributed by atoms with van der Waals surface area (Å²) in [6.07, 6.45) is 4.77. The first kappa shape index (κ1) is 12.9. The highest BCUT2D eigenvalue weighted by molar-refractivity contribution is 7.88. The molecule has 0 saturated heterocycles. The molecule has 0 aliphatic carbocycles. The zero-order valence-corrected chi connectivity index (χ0v) is 9.28. The van der Waals surface area contributed by atoms with E-state index in [0.717, 1.165) is 13.0 Å². The lowest BCUT2D eigenvalue weighted by atomic mass is 10.2. The van der Waals surface area contributed by atoms with Crippen molar-refractivity contribution in [3.05, 3.63) is 0 Å². The third-order valence-electron chi connectivity index (χ3n) is 1.62. The van der Waals surface area contributed by atoms with E-state index in [1.165, 1.54) is 19.1 Å². The van der Waals surface area contributed by atoms with Crippen molar-refractivity contribution in [3.63, 3.8) is 0 Å². The third-order valence-corrected chi connectivity index (χ3v) is 2.35. The summed E-state index contributed by atoms with van der Waals surface area (Å²) >= 11 is 0. The van der Waals surface area contributed by atoms with Gasteiger partial charge in [-0.05, 0) is 13.0 Å². The molecule has 0 unspecified atom stereocenters. The van der Waals surface area contributed by atoms with Gasteiger partial charge in [-0.2, -0.15) is 0 Å². The molecule has 0 radical (unpaired) electrons. The van der Waals surface area contributed by atoms with E-state index in [4.69, 9.17) is 0 Å². The van der Waals surface area contributed by atoms with E-state index in [1.54, 1.807) is 0 Å².